The molecule has 0 amide bonds. The van der Waals surface area contributed by atoms with Crippen molar-refractivity contribution in [1.29, 1.82) is 0 Å². The van der Waals surface area contributed by atoms with Crippen molar-refractivity contribution in [3.63, 3.8) is 0 Å². The molecule has 16 heavy (non-hydrogen) atoms. The zero-order chi connectivity index (χ0) is 12.1. The zero-order valence-corrected chi connectivity index (χ0v) is 10.7. The summed E-state index contributed by atoms with van der Waals surface area (Å²) in [6.45, 7) is 10.8. The van der Waals surface area contributed by atoms with Gasteiger partial charge in [-0.1, -0.05) is 13.8 Å². The molecule has 0 aliphatic rings. The van der Waals surface area contributed by atoms with Crippen LogP contribution in [0.15, 0.2) is 6.20 Å². The van der Waals surface area contributed by atoms with Crippen molar-refractivity contribution in [2.24, 2.45) is 11.7 Å². The van der Waals surface area contributed by atoms with E-state index in [1.807, 2.05) is 20.0 Å². The van der Waals surface area contributed by atoms with Crippen LogP contribution in [0.3, 0.4) is 0 Å². The summed E-state index contributed by atoms with van der Waals surface area (Å²) < 4.78 is 0. The van der Waals surface area contributed by atoms with Gasteiger partial charge in [0.1, 0.15) is 5.82 Å². The molecule has 0 aromatic carbocycles. The molecule has 0 unspecified atom stereocenters. The van der Waals surface area contributed by atoms with Crippen LogP contribution in [0.4, 0.5) is 5.82 Å². The molecule has 0 radical (unpaired) electrons. The number of aromatic nitrogens is 2. The smallest absolute Gasteiger partial charge is 0.147 e. The van der Waals surface area contributed by atoms with Crippen molar-refractivity contribution in [2.45, 2.75) is 27.7 Å². The van der Waals surface area contributed by atoms with Crippen LogP contribution >= 0.6 is 0 Å². The Labute approximate surface area is 97.9 Å². The van der Waals surface area contributed by atoms with Crippen LogP contribution in [0.2, 0.25) is 0 Å². The Bertz CT molecular complexity index is 336. The van der Waals surface area contributed by atoms with E-state index in [0.717, 1.165) is 30.3 Å². The molecule has 4 heteroatoms. The quantitative estimate of drug-likeness (QED) is 0.820. The largest absolute Gasteiger partial charge is 0.354 e. The minimum absolute atomic E-state index is 0.593. The molecule has 0 fully saturated rings. The van der Waals surface area contributed by atoms with Gasteiger partial charge < -0.3 is 10.6 Å². The second kappa shape index (κ2) is 5.80. The van der Waals surface area contributed by atoms with Crippen molar-refractivity contribution in [3.05, 3.63) is 17.6 Å². The van der Waals surface area contributed by atoms with Gasteiger partial charge in [0.15, 0.2) is 0 Å². The van der Waals surface area contributed by atoms with E-state index in [9.17, 15) is 0 Å². The molecular weight excluding hydrogens is 200 g/mol. The molecule has 0 saturated heterocycles. The molecule has 0 saturated carbocycles. The summed E-state index contributed by atoms with van der Waals surface area (Å²) in [5.74, 6) is 1.53. The van der Waals surface area contributed by atoms with E-state index in [0.29, 0.717) is 12.5 Å². The van der Waals surface area contributed by atoms with Crippen LogP contribution in [0.25, 0.3) is 0 Å². The van der Waals surface area contributed by atoms with E-state index in [1.54, 1.807) is 0 Å². The van der Waals surface area contributed by atoms with Crippen molar-refractivity contribution in [3.8, 4) is 0 Å². The van der Waals surface area contributed by atoms with E-state index < -0.39 is 0 Å². The monoisotopic (exact) mass is 222 g/mol. The first-order chi connectivity index (χ1) is 7.54. The Kier molecular flexibility index (Phi) is 4.68. The normalized spacial score (nSPS) is 10.9. The van der Waals surface area contributed by atoms with E-state index in [-0.39, 0.29) is 0 Å². The summed E-state index contributed by atoms with van der Waals surface area (Å²) in [6.07, 6.45) is 1.83. The first-order valence-electron chi connectivity index (χ1n) is 5.79. The van der Waals surface area contributed by atoms with Gasteiger partial charge in [0.2, 0.25) is 0 Å². The van der Waals surface area contributed by atoms with Gasteiger partial charge in [0.25, 0.3) is 0 Å². The minimum atomic E-state index is 0.593. The first kappa shape index (κ1) is 12.9. The van der Waals surface area contributed by atoms with Gasteiger partial charge in [-0.2, -0.15) is 0 Å². The Morgan fingerprint density at radius 2 is 2.00 bits per heavy atom. The van der Waals surface area contributed by atoms with Crippen LogP contribution in [0, 0.1) is 19.8 Å². The minimum Gasteiger partial charge on any atom is -0.354 e. The molecular formula is C12H22N4. The summed E-state index contributed by atoms with van der Waals surface area (Å²) in [7, 11) is 0. The van der Waals surface area contributed by atoms with Crippen LogP contribution < -0.4 is 10.6 Å². The van der Waals surface area contributed by atoms with Gasteiger partial charge in [-0.05, 0) is 19.8 Å². The summed E-state index contributed by atoms with van der Waals surface area (Å²) in [4.78, 5) is 11.1. The molecule has 1 heterocycles. The SMILES string of the molecule is Cc1ncc(N(CCN)CC(C)C)nc1C. The molecule has 0 aliphatic carbocycles. The lowest BCUT2D eigenvalue weighted by molar-refractivity contribution is 0.605. The molecule has 2 N–H and O–H groups in total. The number of hydrogen-bond acceptors (Lipinski definition) is 4. The van der Waals surface area contributed by atoms with Crippen molar-refractivity contribution >= 4 is 5.82 Å². The third kappa shape index (κ3) is 3.45. The Morgan fingerprint density at radius 1 is 1.31 bits per heavy atom. The molecule has 0 atom stereocenters. The predicted octanol–water partition coefficient (Wildman–Crippen LogP) is 1.51. The number of nitrogens with two attached hydrogens (primary N) is 1. The van der Waals surface area contributed by atoms with Gasteiger partial charge in [-0.25, -0.2) is 4.98 Å². The molecule has 90 valence electrons. The fraction of sp³-hybridized carbons (Fsp3) is 0.667. The molecule has 0 bridgehead atoms. The standard InChI is InChI=1S/C12H22N4/c1-9(2)8-16(6-5-13)12-7-14-10(3)11(4)15-12/h7,9H,5-6,8,13H2,1-4H3. The average molecular weight is 222 g/mol. The van der Waals surface area contributed by atoms with Gasteiger partial charge in [-0.3, -0.25) is 4.98 Å². The van der Waals surface area contributed by atoms with Crippen LogP contribution in [-0.4, -0.2) is 29.6 Å². The summed E-state index contributed by atoms with van der Waals surface area (Å²) in [5, 5.41) is 0. The molecule has 1 aromatic rings. The first-order valence-corrected chi connectivity index (χ1v) is 5.79. The third-order valence-corrected chi connectivity index (χ3v) is 2.49. The van der Waals surface area contributed by atoms with E-state index >= 15 is 0 Å². The lowest BCUT2D eigenvalue weighted by Crippen LogP contribution is -2.33. The van der Waals surface area contributed by atoms with Gasteiger partial charge in [0, 0.05) is 19.6 Å². The predicted molar refractivity (Wildman–Crippen MR) is 67.6 cm³/mol. The maximum Gasteiger partial charge on any atom is 0.147 e. The van der Waals surface area contributed by atoms with Crippen molar-refractivity contribution in [1.82, 2.24) is 9.97 Å². The van der Waals surface area contributed by atoms with Gasteiger partial charge in [-0.15, -0.1) is 0 Å². The molecule has 0 aliphatic heterocycles. The molecule has 0 spiro atoms. The maximum atomic E-state index is 5.62. The number of anilines is 1. The van der Waals surface area contributed by atoms with Gasteiger partial charge >= 0.3 is 0 Å². The van der Waals surface area contributed by atoms with E-state index in [1.165, 1.54) is 0 Å². The second-order valence-electron chi connectivity index (χ2n) is 4.53. The van der Waals surface area contributed by atoms with Crippen molar-refractivity contribution in [2.75, 3.05) is 24.5 Å². The summed E-state index contributed by atoms with van der Waals surface area (Å²) in [6, 6.07) is 0. The van der Waals surface area contributed by atoms with Crippen LogP contribution in [0.1, 0.15) is 25.2 Å². The lowest BCUT2D eigenvalue weighted by Gasteiger charge is -2.25. The Morgan fingerprint density at radius 3 is 2.50 bits per heavy atom. The Hall–Kier alpha value is -1.16. The highest BCUT2D eigenvalue weighted by Gasteiger charge is 2.10. The average Bonchev–Trinajstić information content (AvgIpc) is 2.21. The highest BCUT2D eigenvalue weighted by Crippen LogP contribution is 2.13. The number of rotatable bonds is 5. The molecule has 1 rings (SSSR count). The maximum absolute atomic E-state index is 5.62. The third-order valence-electron chi connectivity index (χ3n) is 2.49. The highest BCUT2D eigenvalue weighted by molar-refractivity contribution is 5.37. The fourth-order valence-electron chi connectivity index (χ4n) is 1.58. The number of hydrogen-bond donors (Lipinski definition) is 1. The highest BCUT2D eigenvalue weighted by atomic mass is 15.2. The Balaban J connectivity index is 2.87. The lowest BCUT2D eigenvalue weighted by atomic mass is 10.2. The fourth-order valence-corrected chi connectivity index (χ4v) is 1.58. The zero-order valence-electron chi connectivity index (χ0n) is 10.7. The topological polar surface area (TPSA) is 55.0 Å². The number of nitrogens with zero attached hydrogens (tertiary/aromatic N) is 3. The molecule has 1 aromatic heterocycles. The van der Waals surface area contributed by atoms with Crippen LogP contribution in [-0.2, 0) is 0 Å². The van der Waals surface area contributed by atoms with Gasteiger partial charge in [0.05, 0.1) is 17.6 Å². The summed E-state index contributed by atoms with van der Waals surface area (Å²) in [5.41, 5.74) is 7.60. The van der Waals surface area contributed by atoms with E-state index in [4.69, 9.17) is 5.73 Å². The second-order valence-corrected chi connectivity index (χ2v) is 4.53. The summed E-state index contributed by atoms with van der Waals surface area (Å²) >= 11 is 0. The number of aryl methyl sites for hydroxylation is 2. The van der Waals surface area contributed by atoms with Crippen LogP contribution in [0.5, 0.6) is 0 Å². The van der Waals surface area contributed by atoms with E-state index in [2.05, 4.69) is 28.7 Å². The molecule has 4 nitrogen and oxygen atoms in total. The van der Waals surface area contributed by atoms with Crippen molar-refractivity contribution < 1.29 is 0 Å².